The standard InChI is InChI=1S/C20H25FN2O4S/c1-2-26-17-7-9-18(10-8-17)28(24,25)23-13-11-22(12-14-23)15-16-27-20-6-4-3-5-19(20)21/h3-10H,2,11-16H2,1H3. The van der Waals surface area contributed by atoms with Crippen LogP contribution in [0.3, 0.4) is 0 Å². The minimum absolute atomic E-state index is 0.235. The molecular weight excluding hydrogens is 383 g/mol. The van der Waals surface area contributed by atoms with E-state index >= 15 is 0 Å². The van der Waals surface area contributed by atoms with Crippen molar-refractivity contribution in [2.24, 2.45) is 0 Å². The van der Waals surface area contributed by atoms with Gasteiger partial charge in [0.05, 0.1) is 11.5 Å². The van der Waals surface area contributed by atoms with E-state index in [4.69, 9.17) is 9.47 Å². The Labute approximate surface area is 165 Å². The zero-order valence-electron chi connectivity index (χ0n) is 15.9. The molecule has 0 aromatic heterocycles. The van der Waals surface area contributed by atoms with Gasteiger partial charge in [-0.05, 0) is 43.3 Å². The van der Waals surface area contributed by atoms with Crippen LogP contribution >= 0.6 is 0 Å². The van der Waals surface area contributed by atoms with Crippen molar-refractivity contribution in [1.29, 1.82) is 0 Å². The van der Waals surface area contributed by atoms with Crippen LogP contribution in [0, 0.1) is 5.82 Å². The van der Waals surface area contributed by atoms with Crippen LogP contribution in [0.25, 0.3) is 0 Å². The van der Waals surface area contributed by atoms with Crippen LogP contribution in [0.1, 0.15) is 6.92 Å². The third-order valence-corrected chi connectivity index (χ3v) is 6.52. The SMILES string of the molecule is CCOc1ccc(S(=O)(=O)N2CCN(CCOc3ccccc3F)CC2)cc1. The molecule has 1 heterocycles. The normalized spacial score (nSPS) is 16.1. The largest absolute Gasteiger partial charge is 0.494 e. The monoisotopic (exact) mass is 408 g/mol. The Balaban J connectivity index is 1.49. The van der Waals surface area contributed by atoms with Crippen LogP contribution in [-0.4, -0.2) is 63.6 Å². The van der Waals surface area contributed by atoms with Crippen molar-refractivity contribution in [2.45, 2.75) is 11.8 Å². The Morgan fingerprint density at radius 3 is 2.29 bits per heavy atom. The van der Waals surface area contributed by atoms with Crippen LogP contribution in [-0.2, 0) is 10.0 Å². The first-order chi connectivity index (χ1) is 13.5. The van der Waals surface area contributed by atoms with Gasteiger partial charge in [0.15, 0.2) is 11.6 Å². The molecule has 0 atom stereocenters. The third kappa shape index (κ3) is 5.01. The molecule has 1 fully saturated rings. The molecule has 0 aliphatic carbocycles. The van der Waals surface area contributed by atoms with Crippen LogP contribution in [0.15, 0.2) is 53.4 Å². The predicted octanol–water partition coefficient (Wildman–Crippen LogP) is 2.61. The molecule has 0 spiro atoms. The van der Waals surface area contributed by atoms with Gasteiger partial charge < -0.3 is 9.47 Å². The second kappa shape index (κ2) is 9.36. The number of para-hydroxylation sites is 1. The summed E-state index contributed by atoms with van der Waals surface area (Å²) in [6.07, 6.45) is 0. The van der Waals surface area contributed by atoms with E-state index in [2.05, 4.69) is 4.90 Å². The molecule has 0 amide bonds. The molecule has 1 aliphatic heterocycles. The highest BCUT2D eigenvalue weighted by atomic mass is 32.2. The lowest BCUT2D eigenvalue weighted by atomic mass is 10.3. The van der Waals surface area contributed by atoms with Crippen molar-refractivity contribution in [1.82, 2.24) is 9.21 Å². The molecule has 6 nitrogen and oxygen atoms in total. The lowest BCUT2D eigenvalue weighted by Gasteiger charge is -2.33. The Bertz CT molecular complexity index is 866. The second-order valence-corrected chi connectivity index (χ2v) is 8.37. The van der Waals surface area contributed by atoms with Crippen LogP contribution in [0.5, 0.6) is 11.5 Å². The zero-order chi connectivity index (χ0) is 20.0. The molecule has 0 radical (unpaired) electrons. The molecule has 1 aliphatic rings. The molecule has 1 saturated heterocycles. The van der Waals surface area contributed by atoms with Crippen molar-refractivity contribution >= 4 is 10.0 Å². The number of hydrogen-bond donors (Lipinski definition) is 0. The van der Waals surface area contributed by atoms with Gasteiger partial charge in [0.25, 0.3) is 0 Å². The Morgan fingerprint density at radius 1 is 0.964 bits per heavy atom. The number of sulfonamides is 1. The van der Waals surface area contributed by atoms with E-state index in [-0.39, 0.29) is 16.5 Å². The summed E-state index contributed by atoms with van der Waals surface area (Å²) in [7, 11) is -3.52. The van der Waals surface area contributed by atoms with Crippen molar-refractivity contribution in [3.63, 3.8) is 0 Å². The minimum Gasteiger partial charge on any atom is -0.494 e. The summed E-state index contributed by atoms with van der Waals surface area (Å²) in [5, 5.41) is 0. The van der Waals surface area contributed by atoms with E-state index in [0.717, 1.165) is 0 Å². The molecule has 8 heteroatoms. The quantitative estimate of drug-likeness (QED) is 0.672. The fourth-order valence-corrected chi connectivity index (χ4v) is 4.49. The summed E-state index contributed by atoms with van der Waals surface area (Å²) in [6, 6.07) is 12.8. The van der Waals surface area contributed by atoms with E-state index in [1.54, 1.807) is 42.5 Å². The van der Waals surface area contributed by atoms with Crippen LogP contribution < -0.4 is 9.47 Å². The van der Waals surface area contributed by atoms with Gasteiger partial charge in [0.2, 0.25) is 10.0 Å². The average molecular weight is 408 g/mol. The molecule has 0 saturated carbocycles. The topological polar surface area (TPSA) is 59.1 Å². The maximum absolute atomic E-state index is 13.5. The van der Waals surface area contributed by atoms with Crippen molar-refractivity contribution in [3.8, 4) is 11.5 Å². The van der Waals surface area contributed by atoms with E-state index in [1.807, 2.05) is 6.92 Å². The number of nitrogens with zero attached hydrogens (tertiary/aromatic N) is 2. The van der Waals surface area contributed by atoms with E-state index in [9.17, 15) is 12.8 Å². The molecule has 152 valence electrons. The lowest BCUT2D eigenvalue weighted by molar-refractivity contribution is 0.157. The molecule has 2 aromatic carbocycles. The van der Waals surface area contributed by atoms with Gasteiger partial charge >= 0.3 is 0 Å². The summed E-state index contributed by atoms with van der Waals surface area (Å²) in [6.45, 7) is 5.43. The molecule has 0 bridgehead atoms. The Hall–Kier alpha value is -2.16. The van der Waals surface area contributed by atoms with Gasteiger partial charge in [-0.3, -0.25) is 4.90 Å². The third-order valence-electron chi connectivity index (χ3n) is 4.61. The Kier molecular flexibility index (Phi) is 6.88. The van der Waals surface area contributed by atoms with Crippen molar-refractivity contribution in [3.05, 3.63) is 54.3 Å². The molecule has 0 N–H and O–H groups in total. The second-order valence-electron chi connectivity index (χ2n) is 6.43. The van der Waals surface area contributed by atoms with Crippen molar-refractivity contribution < 1.29 is 22.3 Å². The lowest BCUT2D eigenvalue weighted by Crippen LogP contribution is -2.49. The first-order valence-corrected chi connectivity index (χ1v) is 10.8. The highest BCUT2D eigenvalue weighted by molar-refractivity contribution is 7.89. The summed E-state index contributed by atoms with van der Waals surface area (Å²) in [5.74, 6) is 0.508. The maximum atomic E-state index is 13.5. The maximum Gasteiger partial charge on any atom is 0.243 e. The van der Waals surface area contributed by atoms with E-state index < -0.39 is 10.0 Å². The number of ether oxygens (including phenoxy) is 2. The smallest absolute Gasteiger partial charge is 0.243 e. The number of piperazine rings is 1. The minimum atomic E-state index is -3.52. The summed E-state index contributed by atoms with van der Waals surface area (Å²) < 4.78 is 51.5. The fraction of sp³-hybridized carbons (Fsp3) is 0.400. The number of hydrogen-bond acceptors (Lipinski definition) is 5. The number of benzene rings is 2. The highest BCUT2D eigenvalue weighted by Crippen LogP contribution is 2.21. The average Bonchev–Trinajstić information content (AvgIpc) is 2.70. The molecule has 2 aromatic rings. The number of halogens is 1. The number of rotatable bonds is 8. The van der Waals surface area contributed by atoms with Gasteiger partial charge in [-0.15, -0.1) is 0 Å². The van der Waals surface area contributed by atoms with Gasteiger partial charge in [0.1, 0.15) is 12.4 Å². The predicted molar refractivity (Wildman–Crippen MR) is 105 cm³/mol. The molecule has 0 unspecified atom stereocenters. The molecule has 3 rings (SSSR count). The van der Waals surface area contributed by atoms with Crippen LogP contribution in [0.4, 0.5) is 4.39 Å². The van der Waals surface area contributed by atoms with Gasteiger partial charge in [-0.2, -0.15) is 4.31 Å². The first kappa shape index (κ1) is 20.6. The Morgan fingerprint density at radius 2 is 1.64 bits per heavy atom. The van der Waals surface area contributed by atoms with Gasteiger partial charge in [-0.1, -0.05) is 12.1 Å². The highest BCUT2D eigenvalue weighted by Gasteiger charge is 2.28. The molecular formula is C20H25FN2O4S. The molecule has 28 heavy (non-hydrogen) atoms. The van der Waals surface area contributed by atoms with Crippen LogP contribution in [0.2, 0.25) is 0 Å². The van der Waals surface area contributed by atoms with Gasteiger partial charge in [0, 0.05) is 32.7 Å². The fourth-order valence-electron chi connectivity index (χ4n) is 3.06. The summed E-state index contributed by atoms with van der Waals surface area (Å²) >= 11 is 0. The van der Waals surface area contributed by atoms with E-state index in [1.165, 1.54) is 10.4 Å². The van der Waals surface area contributed by atoms with Crippen molar-refractivity contribution in [2.75, 3.05) is 45.9 Å². The van der Waals surface area contributed by atoms with E-state index in [0.29, 0.717) is 51.7 Å². The summed E-state index contributed by atoms with van der Waals surface area (Å²) in [4.78, 5) is 2.39. The first-order valence-electron chi connectivity index (χ1n) is 9.33. The zero-order valence-corrected chi connectivity index (χ0v) is 16.7. The van der Waals surface area contributed by atoms with Gasteiger partial charge in [-0.25, -0.2) is 12.8 Å². The summed E-state index contributed by atoms with van der Waals surface area (Å²) in [5.41, 5.74) is 0.